The molecule has 0 amide bonds. The summed E-state index contributed by atoms with van der Waals surface area (Å²) < 4.78 is 1.29. The van der Waals surface area contributed by atoms with E-state index in [1.807, 2.05) is 0 Å². The number of hydrogen-bond acceptors (Lipinski definition) is 1. The van der Waals surface area contributed by atoms with Gasteiger partial charge in [0.25, 0.3) is 0 Å². The summed E-state index contributed by atoms with van der Waals surface area (Å²) in [6.07, 6.45) is 4.27. The van der Waals surface area contributed by atoms with Gasteiger partial charge in [-0.2, -0.15) is 0 Å². The SMILES string of the molecule is ICCCNCC1CC1. The second-order valence-electron chi connectivity index (χ2n) is 2.69. The lowest BCUT2D eigenvalue weighted by atomic mass is 10.4. The molecular weight excluding hydrogens is 225 g/mol. The summed E-state index contributed by atoms with van der Waals surface area (Å²) in [5, 5.41) is 3.44. The summed E-state index contributed by atoms with van der Waals surface area (Å²) in [6.45, 7) is 2.50. The van der Waals surface area contributed by atoms with E-state index in [1.54, 1.807) is 0 Å². The van der Waals surface area contributed by atoms with Crippen molar-refractivity contribution < 1.29 is 0 Å². The van der Waals surface area contributed by atoms with Crippen LogP contribution in [0.1, 0.15) is 19.3 Å². The molecule has 0 radical (unpaired) electrons. The molecule has 1 saturated carbocycles. The van der Waals surface area contributed by atoms with Crippen LogP contribution in [-0.2, 0) is 0 Å². The molecule has 2 heteroatoms. The van der Waals surface area contributed by atoms with E-state index < -0.39 is 0 Å². The van der Waals surface area contributed by atoms with Gasteiger partial charge in [0.15, 0.2) is 0 Å². The first-order valence-electron chi connectivity index (χ1n) is 3.70. The van der Waals surface area contributed by atoms with Crippen molar-refractivity contribution in [3.05, 3.63) is 0 Å². The number of hydrogen-bond donors (Lipinski definition) is 1. The van der Waals surface area contributed by atoms with Crippen LogP contribution in [0.15, 0.2) is 0 Å². The van der Waals surface area contributed by atoms with Crippen LogP contribution in [-0.4, -0.2) is 17.5 Å². The Kier molecular flexibility index (Phi) is 3.89. The molecule has 0 aromatic heterocycles. The first-order chi connectivity index (χ1) is 4.43. The van der Waals surface area contributed by atoms with Crippen molar-refractivity contribution in [3.8, 4) is 0 Å². The Hall–Kier alpha value is 0.690. The third-order valence-electron chi connectivity index (χ3n) is 1.62. The van der Waals surface area contributed by atoms with Crippen molar-refractivity contribution in [1.82, 2.24) is 5.32 Å². The molecule has 9 heavy (non-hydrogen) atoms. The Morgan fingerprint density at radius 1 is 1.44 bits per heavy atom. The van der Waals surface area contributed by atoms with E-state index in [9.17, 15) is 0 Å². The van der Waals surface area contributed by atoms with Crippen LogP contribution in [0.25, 0.3) is 0 Å². The topological polar surface area (TPSA) is 12.0 Å². The van der Waals surface area contributed by atoms with Gasteiger partial charge < -0.3 is 5.32 Å². The van der Waals surface area contributed by atoms with E-state index in [2.05, 4.69) is 27.9 Å². The molecule has 0 unspecified atom stereocenters. The van der Waals surface area contributed by atoms with Crippen LogP contribution in [0.5, 0.6) is 0 Å². The molecule has 1 fully saturated rings. The Morgan fingerprint density at radius 2 is 2.22 bits per heavy atom. The lowest BCUT2D eigenvalue weighted by Gasteiger charge is -1.99. The molecule has 54 valence electrons. The van der Waals surface area contributed by atoms with Gasteiger partial charge in [0, 0.05) is 4.43 Å². The van der Waals surface area contributed by atoms with E-state index in [0.29, 0.717) is 0 Å². The molecule has 0 aliphatic heterocycles. The second kappa shape index (κ2) is 4.50. The van der Waals surface area contributed by atoms with Crippen molar-refractivity contribution in [2.24, 2.45) is 5.92 Å². The van der Waals surface area contributed by atoms with Crippen molar-refractivity contribution in [3.63, 3.8) is 0 Å². The van der Waals surface area contributed by atoms with Gasteiger partial charge >= 0.3 is 0 Å². The minimum Gasteiger partial charge on any atom is -0.316 e. The Bertz CT molecular complexity index is 71.3. The highest BCUT2D eigenvalue weighted by Crippen LogP contribution is 2.27. The summed E-state index contributed by atoms with van der Waals surface area (Å²) in [4.78, 5) is 0. The maximum atomic E-state index is 3.44. The molecule has 0 atom stereocenters. The summed E-state index contributed by atoms with van der Waals surface area (Å²) in [6, 6.07) is 0. The molecule has 0 bridgehead atoms. The highest BCUT2D eigenvalue weighted by atomic mass is 127. The molecule has 0 heterocycles. The summed E-state index contributed by atoms with van der Waals surface area (Å²) in [5.74, 6) is 1.04. The molecule has 1 nitrogen and oxygen atoms in total. The largest absolute Gasteiger partial charge is 0.316 e. The average Bonchev–Trinajstić information content (AvgIpc) is 2.63. The zero-order valence-corrected chi connectivity index (χ0v) is 7.86. The average molecular weight is 239 g/mol. The Labute approximate surface area is 70.7 Å². The van der Waals surface area contributed by atoms with Gasteiger partial charge in [0.2, 0.25) is 0 Å². The number of rotatable bonds is 5. The van der Waals surface area contributed by atoms with Gasteiger partial charge in [-0.3, -0.25) is 0 Å². The number of nitrogens with one attached hydrogen (secondary N) is 1. The predicted octanol–water partition coefficient (Wildman–Crippen LogP) is 1.81. The molecule has 0 spiro atoms. The minimum absolute atomic E-state index is 1.04. The van der Waals surface area contributed by atoms with E-state index in [-0.39, 0.29) is 0 Å². The molecule has 0 aromatic rings. The lowest BCUT2D eigenvalue weighted by molar-refractivity contribution is 0.634. The quantitative estimate of drug-likeness (QED) is 0.438. The first-order valence-corrected chi connectivity index (χ1v) is 5.22. The summed E-state index contributed by atoms with van der Waals surface area (Å²) in [7, 11) is 0. The molecule has 1 aliphatic carbocycles. The van der Waals surface area contributed by atoms with Gasteiger partial charge in [-0.25, -0.2) is 0 Å². The predicted molar refractivity (Wildman–Crippen MR) is 49.1 cm³/mol. The fourth-order valence-electron chi connectivity index (χ4n) is 0.820. The Morgan fingerprint density at radius 3 is 2.78 bits per heavy atom. The third-order valence-corrected chi connectivity index (χ3v) is 2.38. The van der Waals surface area contributed by atoms with E-state index in [4.69, 9.17) is 0 Å². The van der Waals surface area contributed by atoms with Crippen molar-refractivity contribution >= 4 is 22.6 Å². The third kappa shape index (κ3) is 4.14. The van der Waals surface area contributed by atoms with Gasteiger partial charge in [-0.05, 0) is 38.3 Å². The van der Waals surface area contributed by atoms with Crippen LogP contribution in [0.3, 0.4) is 0 Å². The summed E-state index contributed by atoms with van der Waals surface area (Å²) in [5.41, 5.74) is 0. The van der Waals surface area contributed by atoms with Crippen LogP contribution < -0.4 is 5.32 Å². The molecule has 0 saturated heterocycles. The molecule has 1 aliphatic rings. The van der Waals surface area contributed by atoms with Crippen LogP contribution >= 0.6 is 22.6 Å². The molecule has 1 rings (SSSR count). The van der Waals surface area contributed by atoms with Crippen molar-refractivity contribution in [1.29, 1.82) is 0 Å². The van der Waals surface area contributed by atoms with E-state index >= 15 is 0 Å². The molecule has 0 aromatic carbocycles. The number of alkyl halides is 1. The van der Waals surface area contributed by atoms with Crippen LogP contribution in [0.2, 0.25) is 0 Å². The monoisotopic (exact) mass is 239 g/mol. The van der Waals surface area contributed by atoms with Crippen LogP contribution in [0.4, 0.5) is 0 Å². The van der Waals surface area contributed by atoms with E-state index in [0.717, 1.165) is 5.92 Å². The zero-order valence-electron chi connectivity index (χ0n) is 5.70. The fraction of sp³-hybridized carbons (Fsp3) is 1.00. The zero-order chi connectivity index (χ0) is 6.53. The minimum atomic E-state index is 1.04. The number of halogens is 1. The summed E-state index contributed by atoms with van der Waals surface area (Å²) >= 11 is 2.42. The fourth-order valence-corrected chi connectivity index (χ4v) is 1.20. The lowest BCUT2D eigenvalue weighted by Crippen LogP contribution is -2.18. The van der Waals surface area contributed by atoms with Gasteiger partial charge in [0.1, 0.15) is 0 Å². The maximum absolute atomic E-state index is 3.44. The highest BCUT2D eigenvalue weighted by Gasteiger charge is 2.19. The van der Waals surface area contributed by atoms with Gasteiger partial charge in [0.05, 0.1) is 0 Å². The standard InChI is InChI=1S/C7H14IN/c8-4-1-5-9-6-7-2-3-7/h7,9H,1-6H2. The normalized spacial score (nSPS) is 18.3. The van der Waals surface area contributed by atoms with Crippen molar-refractivity contribution in [2.75, 3.05) is 17.5 Å². The maximum Gasteiger partial charge on any atom is 0.000735 e. The van der Waals surface area contributed by atoms with Crippen molar-refractivity contribution in [2.45, 2.75) is 19.3 Å². The van der Waals surface area contributed by atoms with Gasteiger partial charge in [-0.1, -0.05) is 22.6 Å². The molecule has 1 N–H and O–H groups in total. The van der Waals surface area contributed by atoms with Crippen LogP contribution in [0, 0.1) is 5.92 Å². The first kappa shape index (κ1) is 7.79. The highest BCUT2D eigenvalue weighted by molar-refractivity contribution is 14.1. The second-order valence-corrected chi connectivity index (χ2v) is 3.77. The smallest absolute Gasteiger partial charge is 0.000735 e. The Balaban J connectivity index is 1.71. The van der Waals surface area contributed by atoms with E-state index in [1.165, 1.54) is 36.8 Å². The molecular formula is C7H14IN. The van der Waals surface area contributed by atoms with Gasteiger partial charge in [-0.15, -0.1) is 0 Å².